The van der Waals surface area contributed by atoms with Crippen molar-refractivity contribution in [2.45, 2.75) is 25.7 Å². The molecule has 1 N–H and O–H groups in total. The van der Waals surface area contributed by atoms with Crippen molar-refractivity contribution in [3.63, 3.8) is 0 Å². The molecule has 0 amide bonds. The second-order valence-corrected chi connectivity index (χ2v) is 4.02. The number of piperidine rings is 1. The molecule has 3 heteroatoms. The van der Waals surface area contributed by atoms with E-state index in [-0.39, 0.29) is 0 Å². The van der Waals surface area contributed by atoms with Crippen molar-refractivity contribution in [2.24, 2.45) is 5.92 Å². The summed E-state index contributed by atoms with van der Waals surface area (Å²) in [5.74, 6) is 1.47. The first-order valence-corrected chi connectivity index (χ1v) is 5.61. The second kappa shape index (κ2) is 5.25. The molecular formula is C11H19NO2. The zero-order valence-electron chi connectivity index (χ0n) is 8.63. The predicted octanol–water partition coefficient (Wildman–Crippen LogP) is 1.65. The van der Waals surface area contributed by atoms with Crippen LogP contribution >= 0.6 is 0 Å². The molecule has 1 fully saturated rings. The average molecular weight is 197 g/mol. The first kappa shape index (κ1) is 9.84. The quantitative estimate of drug-likeness (QED) is 0.746. The Morgan fingerprint density at radius 1 is 1.43 bits per heavy atom. The molecule has 0 saturated carbocycles. The molecule has 0 aromatic carbocycles. The molecule has 2 heterocycles. The lowest BCUT2D eigenvalue weighted by molar-refractivity contribution is 0.00735. The van der Waals surface area contributed by atoms with E-state index < -0.39 is 0 Å². The van der Waals surface area contributed by atoms with Crippen molar-refractivity contribution in [1.29, 1.82) is 0 Å². The molecule has 3 nitrogen and oxygen atoms in total. The molecule has 14 heavy (non-hydrogen) atoms. The van der Waals surface area contributed by atoms with Crippen LogP contribution in [0.25, 0.3) is 0 Å². The fourth-order valence-electron chi connectivity index (χ4n) is 1.88. The monoisotopic (exact) mass is 197 g/mol. The normalized spacial score (nSPS) is 23.9. The molecule has 1 saturated heterocycles. The van der Waals surface area contributed by atoms with E-state index in [1.807, 2.05) is 0 Å². The van der Waals surface area contributed by atoms with Crippen molar-refractivity contribution in [3.05, 3.63) is 12.0 Å². The van der Waals surface area contributed by atoms with Crippen LogP contribution in [0.5, 0.6) is 0 Å². The van der Waals surface area contributed by atoms with Crippen LogP contribution in [0.2, 0.25) is 0 Å². The van der Waals surface area contributed by atoms with E-state index in [9.17, 15) is 0 Å². The van der Waals surface area contributed by atoms with Gasteiger partial charge in [0.2, 0.25) is 0 Å². The Balaban J connectivity index is 1.67. The van der Waals surface area contributed by atoms with E-state index in [0.717, 1.165) is 45.1 Å². The number of hydrogen-bond donors (Lipinski definition) is 1. The molecule has 2 rings (SSSR count). The summed E-state index contributed by atoms with van der Waals surface area (Å²) >= 11 is 0. The third-order valence-corrected chi connectivity index (χ3v) is 2.82. The lowest BCUT2D eigenvalue weighted by Crippen LogP contribution is -2.30. The molecule has 0 spiro atoms. The summed E-state index contributed by atoms with van der Waals surface area (Å²) in [6.07, 6.45) is 6.74. The summed E-state index contributed by atoms with van der Waals surface area (Å²) in [6, 6.07) is 0. The Morgan fingerprint density at radius 3 is 3.00 bits per heavy atom. The third kappa shape index (κ3) is 2.91. The largest absolute Gasteiger partial charge is 0.466 e. The summed E-state index contributed by atoms with van der Waals surface area (Å²) in [5, 5.41) is 3.35. The van der Waals surface area contributed by atoms with Crippen LogP contribution in [0, 0.1) is 5.92 Å². The zero-order chi connectivity index (χ0) is 9.64. The summed E-state index contributed by atoms with van der Waals surface area (Å²) in [4.78, 5) is 0. The highest BCUT2D eigenvalue weighted by Crippen LogP contribution is 2.16. The number of ether oxygens (including phenoxy) is 2. The van der Waals surface area contributed by atoms with E-state index in [1.165, 1.54) is 12.8 Å². The number of nitrogens with one attached hydrogen (secondary N) is 1. The van der Waals surface area contributed by atoms with E-state index in [1.54, 1.807) is 0 Å². The maximum atomic E-state index is 5.63. The molecule has 0 atom stereocenters. The molecule has 2 aliphatic rings. The van der Waals surface area contributed by atoms with Crippen LogP contribution in [0.3, 0.4) is 0 Å². The van der Waals surface area contributed by atoms with Crippen molar-refractivity contribution >= 4 is 0 Å². The SMILES string of the molecule is C1=C(OCC2CCNCC2)OCCC1. The fourth-order valence-corrected chi connectivity index (χ4v) is 1.88. The lowest BCUT2D eigenvalue weighted by atomic mass is 9.99. The van der Waals surface area contributed by atoms with Crippen LogP contribution < -0.4 is 5.32 Å². The molecule has 0 aromatic rings. The average Bonchev–Trinajstić information content (AvgIpc) is 2.29. The van der Waals surface area contributed by atoms with Gasteiger partial charge in [-0.3, -0.25) is 0 Å². The minimum Gasteiger partial charge on any atom is -0.466 e. The molecule has 0 bridgehead atoms. The maximum Gasteiger partial charge on any atom is 0.274 e. The van der Waals surface area contributed by atoms with E-state index in [0.29, 0.717) is 5.92 Å². The van der Waals surface area contributed by atoms with E-state index in [4.69, 9.17) is 9.47 Å². The van der Waals surface area contributed by atoms with Crippen molar-refractivity contribution in [1.82, 2.24) is 5.32 Å². The van der Waals surface area contributed by atoms with Crippen molar-refractivity contribution in [3.8, 4) is 0 Å². The van der Waals surface area contributed by atoms with Crippen molar-refractivity contribution in [2.75, 3.05) is 26.3 Å². The Hall–Kier alpha value is -0.700. The molecule has 0 radical (unpaired) electrons. The topological polar surface area (TPSA) is 30.5 Å². The highest BCUT2D eigenvalue weighted by molar-refractivity contribution is 4.87. The molecule has 0 aromatic heterocycles. The highest BCUT2D eigenvalue weighted by atomic mass is 16.7. The van der Waals surface area contributed by atoms with Crippen molar-refractivity contribution < 1.29 is 9.47 Å². The van der Waals surface area contributed by atoms with Gasteiger partial charge in [-0.2, -0.15) is 0 Å². The van der Waals surface area contributed by atoms with Crippen LogP contribution in [0.1, 0.15) is 25.7 Å². The minimum absolute atomic E-state index is 0.711. The molecule has 0 aliphatic carbocycles. The van der Waals surface area contributed by atoms with E-state index >= 15 is 0 Å². The third-order valence-electron chi connectivity index (χ3n) is 2.82. The Labute approximate surface area is 85.5 Å². The van der Waals surface area contributed by atoms with Gasteiger partial charge in [-0.15, -0.1) is 0 Å². The Morgan fingerprint density at radius 2 is 2.29 bits per heavy atom. The number of hydrogen-bond acceptors (Lipinski definition) is 3. The Bertz CT molecular complexity index is 197. The Kier molecular flexibility index (Phi) is 3.69. The van der Waals surface area contributed by atoms with Crippen LogP contribution in [0.4, 0.5) is 0 Å². The summed E-state index contributed by atoms with van der Waals surface area (Å²) in [7, 11) is 0. The van der Waals surface area contributed by atoms with Gasteiger partial charge in [0.1, 0.15) is 0 Å². The van der Waals surface area contributed by atoms with Gasteiger partial charge in [-0.05, 0) is 50.8 Å². The van der Waals surface area contributed by atoms with Gasteiger partial charge in [-0.1, -0.05) is 0 Å². The molecule has 0 unspecified atom stereocenters. The first-order chi connectivity index (χ1) is 6.95. The molecular weight excluding hydrogens is 178 g/mol. The smallest absolute Gasteiger partial charge is 0.274 e. The van der Waals surface area contributed by atoms with Gasteiger partial charge >= 0.3 is 0 Å². The van der Waals surface area contributed by atoms with Gasteiger partial charge in [0.15, 0.2) is 0 Å². The van der Waals surface area contributed by atoms with Crippen LogP contribution in [0.15, 0.2) is 12.0 Å². The maximum absolute atomic E-state index is 5.63. The summed E-state index contributed by atoms with van der Waals surface area (Å²) in [5.41, 5.74) is 0. The minimum atomic E-state index is 0.711. The first-order valence-electron chi connectivity index (χ1n) is 5.61. The number of rotatable bonds is 3. The van der Waals surface area contributed by atoms with Crippen LogP contribution in [-0.2, 0) is 9.47 Å². The highest BCUT2D eigenvalue weighted by Gasteiger charge is 2.15. The zero-order valence-corrected chi connectivity index (χ0v) is 8.63. The summed E-state index contributed by atoms with van der Waals surface area (Å²) < 4.78 is 11.0. The fraction of sp³-hybridized carbons (Fsp3) is 0.818. The van der Waals surface area contributed by atoms with Gasteiger partial charge < -0.3 is 14.8 Å². The number of allylic oxidation sites excluding steroid dienone is 1. The molecule has 80 valence electrons. The predicted molar refractivity (Wildman–Crippen MR) is 54.8 cm³/mol. The van der Waals surface area contributed by atoms with E-state index in [2.05, 4.69) is 11.4 Å². The van der Waals surface area contributed by atoms with Gasteiger partial charge in [0.25, 0.3) is 5.95 Å². The van der Waals surface area contributed by atoms with Gasteiger partial charge in [0, 0.05) is 0 Å². The van der Waals surface area contributed by atoms with Gasteiger partial charge in [-0.25, -0.2) is 0 Å². The summed E-state index contributed by atoms with van der Waals surface area (Å²) in [6.45, 7) is 3.91. The molecule has 2 aliphatic heterocycles. The van der Waals surface area contributed by atoms with Crippen LogP contribution in [-0.4, -0.2) is 26.3 Å². The van der Waals surface area contributed by atoms with Gasteiger partial charge in [0.05, 0.1) is 13.2 Å². The standard InChI is InChI=1S/C11H19NO2/c1-2-8-13-11(3-1)14-9-10-4-6-12-7-5-10/h3,10,12H,1-2,4-9H2. The second-order valence-electron chi connectivity index (χ2n) is 4.02. The lowest BCUT2D eigenvalue weighted by Gasteiger charge is -2.24.